The summed E-state index contributed by atoms with van der Waals surface area (Å²) < 4.78 is 0. The van der Waals surface area contributed by atoms with Crippen LogP contribution in [0, 0.1) is 11.8 Å². The molecular weight excluding hydrogens is 254 g/mol. The Morgan fingerprint density at radius 3 is 2.63 bits per heavy atom. The second kappa shape index (κ2) is 10.9. The van der Waals surface area contributed by atoms with E-state index in [9.17, 15) is 0 Å². The Kier molecular flexibility index (Phi) is 9.21. The van der Waals surface area contributed by atoms with Gasteiger partial charge in [0.25, 0.3) is 0 Å². The number of rotatable bonds is 8. The van der Waals surface area contributed by atoms with Crippen LogP contribution in [-0.2, 0) is 6.42 Å². The summed E-state index contributed by atoms with van der Waals surface area (Å²) in [7, 11) is 0. The molecule has 0 saturated heterocycles. The lowest BCUT2D eigenvalue weighted by molar-refractivity contribution is 0.311. The first-order chi connectivity index (χ1) is 9.36. The topological polar surface area (TPSA) is 27.3 Å². The number of benzene rings is 1. The monoisotopic (exact) mass is 277 g/mol. The molecule has 0 saturated carbocycles. The summed E-state index contributed by atoms with van der Waals surface area (Å²) in [6, 6.07) is 10.6. The minimum absolute atomic E-state index is 0.613. The van der Waals surface area contributed by atoms with Gasteiger partial charge in [-0.15, -0.1) is 0 Å². The van der Waals surface area contributed by atoms with E-state index in [4.69, 9.17) is 0 Å². The molecule has 0 bridgehead atoms. The van der Waals surface area contributed by atoms with Crippen LogP contribution < -0.4 is 10.3 Å². The molecule has 19 heavy (non-hydrogen) atoms. The highest BCUT2D eigenvalue weighted by Gasteiger charge is 2.01. The first-order valence-corrected chi connectivity index (χ1v) is 7.15. The smallest absolute Gasteiger partial charge is 0.0721 e. The average molecular weight is 277 g/mol. The molecule has 0 aliphatic carbocycles. The van der Waals surface area contributed by atoms with Gasteiger partial charge in [0.05, 0.1) is 13.1 Å². The van der Waals surface area contributed by atoms with Crippen LogP contribution in [-0.4, -0.2) is 31.1 Å². The van der Waals surface area contributed by atoms with Crippen LogP contribution in [0.3, 0.4) is 0 Å². The van der Waals surface area contributed by atoms with Crippen molar-refractivity contribution in [3.63, 3.8) is 0 Å². The zero-order valence-corrected chi connectivity index (χ0v) is 12.4. The number of hydrogen-bond acceptors (Lipinski definition) is 4. The summed E-state index contributed by atoms with van der Waals surface area (Å²) in [5.74, 6) is 6.24. The van der Waals surface area contributed by atoms with Crippen molar-refractivity contribution >= 4 is 12.8 Å². The van der Waals surface area contributed by atoms with E-state index in [1.807, 2.05) is 0 Å². The SMILES string of the molecule is CCCN(CC#CCNNS)CCc1ccccc1. The second-order valence-corrected chi connectivity index (χ2v) is 4.55. The third kappa shape index (κ3) is 7.91. The molecule has 3 nitrogen and oxygen atoms in total. The van der Waals surface area contributed by atoms with E-state index in [1.54, 1.807) is 0 Å². The van der Waals surface area contributed by atoms with E-state index in [0.717, 1.165) is 32.5 Å². The Morgan fingerprint density at radius 1 is 1.16 bits per heavy atom. The van der Waals surface area contributed by atoms with E-state index in [0.29, 0.717) is 6.54 Å². The lowest BCUT2D eigenvalue weighted by Gasteiger charge is -2.18. The Bertz CT molecular complexity index is 383. The molecule has 104 valence electrons. The molecule has 0 aromatic heterocycles. The third-order valence-electron chi connectivity index (χ3n) is 2.78. The first kappa shape index (κ1) is 16.1. The Morgan fingerprint density at radius 2 is 1.95 bits per heavy atom. The van der Waals surface area contributed by atoms with Crippen molar-refractivity contribution in [2.75, 3.05) is 26.2 Å². The Labute approximate surface area is 122 Å². The van der Waals surface area contributed by atoms with Crippen molar-refractivity contribution in [2.45, 2.75) is 19.8 Å². The number of nitrogens with one attached hydrogen (secondary N) is 2. The van der Waals surface area contributed by atoms with E-state index >= 15 is 0 Å². The number of hydrogen-bond donors (Lipinski definition) is 3. The van der Waals surface area contributed by atoms with Gasteiger partial charge < -0.3 is 0 Å². The molecule has 0 radical (unpaired) electrons. The van der Waals surface area contributed by atoms with Gasteiger partial charge in [-0.25, -0.2) is 10.3 Å². The van der Waals surface area contributed by atoms with Crippen molar-refractivity contribution in [3.8, 4) is 11.8 Å². The highest BCUT2D eigenvalue weighted by molar-refractivity contribution is 7.78. The van der Waals surface area contributed by atoms with Gasteiger partial charge in [-0.3, -0.25) is 4.90 Å². The lowest BCUT2D eigenvalue weighted by Crippen LogP contribution is -2.28. The molecule has 0 unspecified atom stereocenters. The highest BCUT2D eigenvalue weighted by Crippen LogP contribution is 2.01. The average Bonchev–Trinajstić information content (AvgIpc) is 2.45. The summed E-state index contributed by atoms with van der Waals surface area (Å²) in [4.78, 5) is 4.95. The number of thiol groups is 1. The molecule has 0 aliphatic rings. The van der Waals surface area contributed by atoms with Crippen molar-refractivity contribution in [1.29, 1.82) is 0 Å². The van der Waals surface area contributed by atoms with E-state index in [2.05, 4.69) is 77.1 Å². The fraction of sp³-hybridized carbons (Fsp3) is 0.467. The third-order valence-corrected chi connectivity index (χ3v) is 2.94. The Balaban J connectivity index is 2.33. The molecule has 0 atom stereocenters. The maximum Gasteiger partial charge on any atom is 0.0721 e. The fourth-order valence-electron chi connectivity index (χ4n) is 1.83. The molecule has 1 aromatic carbocycles. The van der Waals surface area contributed by atoms with Crippen molar-refractivity contribution in [3.05, 3.63) is 35.9 Å². The second-order valence-electron chi connectivity index (χ2n) is 4.33. The first-order valence-electron chi connectivity index (χ1n) is 6.70. The maximum absolute atomic E-state index is 3.83. The summed E-state index contributed by atoms with van der Waals surface area (Å²) in [5.41, 5.74) is 4.22. The molecule has 0 amide bonds. The van der Waals surface area contributed by atoms with Crippen LogP contribution >= 0.6 is 12.8 Å². The minimum atomic E-state index is 0.613. The van der Waals surface area contributed by atoms with Crippen LogP contribution in [0.2, 0.25) is 0 Å². The van der Waals surface area contributed by atoms with E-state index < -0.39 is 0 Å². The van der Waals surface area contributed by atoms with Gasteiger partial charge >= 0.3 is 0 Å². The summed E-state index contributed by atoms with van der Waals surface area (Å²) >= 11 is 3.83. The molecule has 0 fully saturated rings. The van der Waals surface area contributed by atoms with Crippen LogP contribution in [0.4, 0.5) is 0 Å². The number of hydrazine groups is 1. The van der Waals surface area contributed by atoms with Crippen LogP contribution in [0.15, 0.2) is 30.3 Å². The van der Waals surface area contributed by atoms with Crippen LogP contribution in [0.1, 0.15) is 18.9 Å². The molecule has 1 rings (SSSR count). The van der Waals surface area contributed by atoms with Gasteiger partial charge in [-0.1, -0.05) is 61.9 Å². The van der Waals surface area contributed by atoms with Gasteiger partial charge in [-0.2, -0.15) is 0 Å². The standard InChI is InChI=1S/C15H23N3S/c1-2-12-18(13-7-6-11-16-17-19)14-10-15-8-4-3-5-9-15/h3-5,8-9,16-17,19H,2,10-14H2,1H3. The van der Waals surface area contributed by atoms with Gasteiger partial charge in [0.2, 0.25) is 0 Å². The Hall–Kier alpha value is -0.990. The highest BCUT2D eigenvalue weighted by atomic mass is 32.1. The largest absolute Gasteiger partial charge is 0.292 e. The number of nitrogens with zero attached hydrogens (tertiary/aromatic N) is 1. The summed E-state index contributed by atoms with van der Waals surface area (Å²) in [5, 5.41) is 0. The molecule has 0 aliphatic heterocycles. The van der Waals surface area contributed by atoms with Gasteiger partial charge in [-0.05, 0) is 24.9 Å². The van der Waals surface area contributed by atoms with Gasteiger partial charge in [0.1, 0.15) is 0 Å². The zero-order valence-electron chi connectivity index (χ0n) is 11.5. The molecule has 4 heteroatoms. The predicted octanol–water partition coefficient (Wildman–Crippen LogP) is 1.88. The van der Waals surface area contributed by atoms with Crippen molar-refractivity contribution < 1.29 is 0 Å². The zero-order chi connectivity index (χ0) is 13.8. The molecule has 0 spiro atoms. The summed E-state index contributed by atoms with van der Waals surface area (Å²) in [6.45, 7) is 5.80. The lowest BCUT2D eigenvalue weighted by atomic mass is 10.1. The maximum atomic E-state index is 3.83. The molecule has 2 N–H and O–H groups in total. The fourth-order valence-corrected chi connectivity index (χ4v) is 1.91. The minimum Gasteiger partial charge on any atom is -0.292 e. The van der Waals surface area contributed by atoms with Gasteiger partial charge in [0, 0.05) is 6.54 Å². The van der Waals surface area contributed by atoms with Crippen molar-refractivity contribution in [2.24, 2.45) is 0 Å². The molecule has 1 aromatic rings. The molecular formula is C15H23N3S. The van der Waals surface area contributed by atoms with E-state index in [-0.39, 0.29) is 0 Å². The van der Waals surface area contributed by atoms with E-state index in [1.165, 1.54) is 5.56 Å². The molecule has 0 heterocycles. The quantitative estimate of drug-likeness (QED) is 0.293. The normalized spacial score (nSPS) is 10.3. The van der Waals surface area contributed by atoms with Gasteiger partial charge in [0.15, 0.2) is 0 Å². The predicted molar refractivity (Wildman–Crippen MR) is 84.8 cm³/mol. The van der Waals surface area contributed by atoms with Crippen LogP contribution in [0.25, 0.3) is 0 Å². The van der Waals surface area contributed by atoms with Crippen LogP contribution in [0.5, 0.6) is 0 Å². The summed E-state index contributed by atoms with van der Waals surface area (Å²) in [6.07, 6.45) is 2.24. The van der Waals surface area contributed by atoms with Crippen molar-refractivity contribution in [1.82, 2.24) is 15.2 Å².